The summed E-state index contributed by atoms with van der Waals surface area (Å²) in [5.41, 5.74) is 6.50. The number of hydrogen-bond acceptors (Lipinski definition) is 2. The molecular weight excluding hydrogens is 257 g/mol. The van der Waals surface area contributed by atoms with Crippen LogP contribution in [0.4, 0.5) is 0 Å². The van der Waals surface area contributed by atoms with Crippen molar-refractivity contribution in [3.63, 3.8) is 0 Å². The summed E-state index contributed by atoms with van der Waals surface area (Å²) in [5, 5.41) is 11.3. The van der Waals surface area contributed by atoms with E-state index in [1.54, 1.807) is 18.2 Å². The van der Waals surface area contributed by atoms with Gasteiger partial charge in [0.15, 0.2) is 0 Å². The van der Waals surface area contributed by atoms with Crippen molar-refractivity contribution in [3.8, 4) is 0 Å². The van der Waals surface area contributed by atoms with Gasteiger partial charge < -0.3 is 10.8 Å². The van der Waals surface area contributed by atoms with Crippen LogP contribution in [-0.4, -0.2) is 17.8 Å². The van der Waals surface area contributed by atoms with Gasteiger partial charge in [0.05, 0.1) is 6.10 Å². The molecule has 96 valence electrons. The molecule has 17 heavy (non-hydrogen) atoms. The van der Waals surface area contributed by atoms with Gasteiger partial charge in [-0.05, 0) is 24.1 Å². The van der Waals surface area contributed by atoms with E-state index >= 15 is 0 Å². The molecule has 0 saturated heterocycles. The maximum Gasteiger partial charge on any atom is 0.0621 e. The van der Waals surface area contributed by atoms with Gasteiger partial charge in [-0.3, -0.25) is 0 Å². The average Bonchev–Trinajstić information content (AvgIpc) is 2.31. The lowest BCUT2D eigenvalue weighted by Gasteiger charge is -2.23. The molecule has 0 heterocycles. The highest BCUT2D eigenvalue weighted by atomic mass is 35.5. The summed E-state index contributed by atoms with van der Waals surface area (Å²) in [6.07, 6.45) is 2.25. The predicted molar refractivity (Wildman–Crippen MR) is 73.8 cm³/mol. The summed E-state index contributed by atoms with van der Waals surface area (Å²) in [6, 6.07) is 5.34. The topological polar surface area (TPSA) is 46.2 Å². The van der Waals surface area contributed by atoms with Gasteiger partial charge in [0, 0.05) is 22.5 Å². The molecule has 0 saturated carbocycles. The molecule has 0 fully saturated rings. The Kier molecular flexibility index (Phi) is 6.28. The minimum atomic E-state index is -0.489. The second-order valence-electron chi connectivity index (χ2n) is 4.19. The zero-order valence-corrected chi connectivity index (χ0v) is 11.5. The maximum atomic E-state index is 10.1. The van der Waals surface area contributed by atoms with Crippen LogP contribution in [0.2, 0.25) is 10.0 Å². The predicted octanol–water partition coefficient (Wildman–Crippen LogP) is 3.59. The summed E-state index contributed by atoms with van der Waals surface area (Å²) in [7, 11) is 0. The van der Waals surface area contributed by atoms with Crippen LogP contribution in [0, 0.1) is 0 Å². The molecular formula is C13H19Cl2NO. The summed E-state index contributed by atoms with van der Waals surface area (Å²) in [6.45, 7) is 2.43. The van der Waals surface area contributed by atoms with Gasteiger partial charge in [0.25, 0.3) is 0 Å². The second kappa shape index (κ2) is 7.22. The van der Waals surface area contributed by atoms with Gasteiger partial charge >= 0.3 is 0 Å². The molecule has 1 rings (SSSR count). The average molecular weight is 276 g/mol. The van der Waals surface area contributed by atoms with Crippen molar-refractivity contribution in [2.45, 2.75) is 38.2 Å². The van der Waals surface area contributed by atoms with Gasteiger partial charge in [-0.2, -0.15) is 0 Å². The van der Waals surface area contributed by atoms with Crippen LogP contribution in [0.25, 0.3) is 0 Å². The maximum absolute atomic E-state index is 10.1. The van der Waals surface area contributed by atoms with E-state index < -0.39 is 6.10 Å². The van der Waals surface area contributed by atoms with Crippen LogP contribution in [0.3, 0.4) is 0 Å². The zero-order valence-electron chi connectivity index (χ0n) is 10.00. The highest BCUT2D eigenvalue weighted by molar-refractivity contribution is 6.36. The zero-order chi connectivity index (χ0) is 12.8. The molecule has 1 aromatic carbocycles. The van der Waals surface area contributed by atoms with E-state index in [0.717, 1.165) is 24.8 Å². The first-order valence-corrected chi connectivity index (χ1v) is 6.69. The van der Waals surface area contributed by atoms with Crippen LogP contribution in [0.1, 0.15) is 37.7 Å². The van der Waals surface area contributed by atoms with Crippen molar-refractivity contribution in [2.75, 3.05) is 6.54 Å². The first-order valence-electron chi connectivity index (χ1n) is 5.93. The first-order chi connectivity index (χ1) is 8.11. The van der Waals surface area contributed by atoms with E-state index in [1.807, 2.05) is 0 Å². The van der Waals surface area contributed by atoms with Crippen LogP contribution >= 0.6 is 23.2 Å². The highest BCUT2D eigenvalue weighted by Crippen LogP contribution is 2.34. The molecule has 2 atom stereocenters. The largest absolute Gasteiger partial charge is 0.392 e. The smallest absolute Gasteiger partial charge is 0.0621 e. The lowest BCUT2D eigenvalue weighted by Crippen LogP contribution is -2.26. The molecule has 0 spiro atoms. The Balaban J connectivity index is 2.93. The Labute approximate surface area is 113 Å². The fraction of sp³-hybridized carbons (Fsp3) is 0.538. The van der Waals surface area contributed by atoms with E-state index in [-0.39, 0.29) is 5.92 Å². The molecule has 0 radical (unpaired) electrons. The van der Waals surface area contributed by atoms with Crippen molar-refractivity contribution >= 4 is 23.2 Å². The monoisotopic (exact) mass is 275 g/mol. The Morgan fingerprint density at radius 1 is 1.29 bits per heavy atom. The van der Waals surface area contributed by atoms with Crippen LogP contribution in [0.5, 0.6) is 0 Å². The van der Waals surface area contributed by atoms with Crippen molar-refractivity contribution in [2.24, 2.45) is 5.73 Å². The standard InChI is InChI=1S/C13H19Cl2NO/c1-2-3-7-12(17)9(8-16)13-10(14)5-4-6-11(13)15/h4-6,9,12,17H,2-3,7-8,16H2,1H3. The van der Waals surface area contributed by atoms with Crippen LogP contribution < -0.4 is 5.73 Å². The van der Waals surface area contributed by atoms with Gasteiger partial charge in [0.2, 0.25) is 0 Å². The Bertz CT molecular complexity index is 337. The van der Waals surface area contributed by atoms with E-state index in [2.05, 4.69) is 6.92 Å². The van der Waals surface area contributed by atoms with Gasteiger partial charge in [-0.25, -0.2) is 0 Å². The summed E-state index contributed by atoms with van der Waals surface area (Å²) in [5.74, 6) is -0.192. The summed E-state index contributed by atoms with van der Waals surface area (Å²) < 4.78 is 0. The van der Waals surface area contributed by atoms with Crippen LogP contribution in [-0.2, 0) is 0 Å². The van der Waals surface area contributed by atoms with Crippen LogP contribution in [0.15, 0.2) is 18.2 Å². The van der Waals surface area contributed by atoms with Gasteiger partial charge in [-0.15, -0.1) is 0 Å². The lowest BCUT2D eigenvalue weighted by atomic mass is 9.90. The highest BCUT2D eigenvalue weighted by Gasteiger charge is 2.23. The number of unbranched alkanes of at least 4 members (excludes halogenated alkanes) is 1. The Hall–Kier alpha value is -0.280. The molecule has 0 aliphatic heterocycles. The third kappa shape index (κ3) is 3.85. The fourth-order valence-corrected chi connectivity index (χ4v) is 2.62. The fourth-order valence-electron chi connectivity index (χ4n) is 1.95. The minimum Gasteiger partial charge on any atom is -0.392 e. The first kappa shape index (κ1) is 14.8. The quantitative estimate of drug-likeness (QED) is 0.834. The summed E-state index contributed by atoms with van der Waals surface area (Å²) in [4.78, 5) is 0. The molecule has 1 aromatic rings. The molecule has 2 nitrogen and oxygen atoms in total. The van der Waals surface area contributed by atoms with E-state index in [9.17, 15) is 5.11 Å². The van der Waals surface area contributed by atoms with Crippen molar-refractivity contribution < 1.29 is 5.11 Å². The number of aliphatic hydroxyl groups excluding tert-OH is 1. The van der Waals surface area contributed by atoms with Gasteiger partial charge in [-0.1, -0.05) is 49.0 Å². The van der Waals surface area contributed by atoms with Crippen molar-refractivity contribution in [1.29, 1.82) is 0 Å². The SMILES string of the molecule is CCCCC(O)C(CN)c1c(Cl)cccc1Cl. The van der Waals surface area contributed by atoms with Gasteiger partial charge in [0.1, 0.15) is 0 Å². The second-order valence-corrected chi connectivity index (χ2v) is 5.00. The Morgan fingerprint density at radius 2 is 1.88 bits per heavy atom. The number of nitrogens with two attached hydrogens (primary N) is 1. The van der Waals surface area contributed by atoms with E-state index in [4.69, 9.17) is 28.9 Å². The summed E-state index contributed by atoms with van der Waals surface area (Å²) >= 11 is 12.3. The normalized spacial score (nSPS) is 14.6. The van der Waals surface area contributed by atoms with E-state index in [0.29, 0.717) is 16.6 Å². The molecule has 0 aliphatic rings. The van der Waals surface area contributed by atoms with Crippen molar-refractivity contribution in [3.05, 3.63) is 33.8 Å². The molecule has 3 N–H and O–H groups in total. The van der Waals surface area contributed by atoms with E-state index in [1.165, 1.54) is 0 Å². The number of rotatable bonds is 6. The number of halogens is 2. The third-order valence-electron chi connectivity index (χ3n) is 2.94. The molecule has 0 aliphatic carbocycles. The number of benzene rings is 1. The Morgan fingerprint density at radius 3 is 2.35 bits per heavy atom. The lowest BCUT2D eigenvalue weighted by molar-refractivity contribution is 0.133. The molecule has 0 bridgehead atoms. The number of hydrogen-bond donors (Lipinski definition) is 2. The number of aliphatic hydroxyl groups is 1. The molecule has 2 unspecified atom stereocenters. The minimum absolute atomic E-state index is 0.192. The third-order valence-corrected chi connectivity index (χ3v) is 3.60. The molecule has 0 aromatic heterocycles. The molecule has 0 amide bonds. The van der Waals surface area contributed by atoms with Crippen molar-refractivity contribution in [1.82, 2.24) is 0 Å². The molecule has 4 heteroatoms.